The summed E-state index contributed by atoms with van der Waals surface area (Å²) in [6, 6.07) is 6.28. The smallest absolute Gasteiger partial charge is 0.194 e. The third-order valence-electron chi connectivity index (χ3n) is 8.08. The Morgan fingerprint density at radius 2 is 1.45 bits per heavy atom. The van der Waals surface area contributed by atoms with Gasteiger partial charge in [0, 0.05) is 0 Å². The molecule has 1 aliphatic heterocycles. The minimum atomic E-state index is -1.45. The number of unbranched alkanes of at least 4 members (excludes halogenated alkanes) is 3. The summed E-state index contributed by atoms with van der Waals surface area (Å²) in [5.74, 6) is -0.898. The first-order valence-electron chi connectivity index (χ1n) is 12.7. The van der Waals surface area contributed by atoms with Crippen LogP contribution in [0.5, 0.6) is 0 Å². The molecule has 0 atom stereocenters. The van der Waals surface area contributed by atoms with E-state index >= 15 is 0 Å². The molecule has 3 rings (SSSR count). The molecule has 0 radical (unpaired) electrons. The summed E-state index contributed by atoms with van der Waals surface area (Å²) in [6.07, 6.45) is 16.0. The van der Waals surface area contributed by atoms with Crippen LogP contribution in [0.3, 0.4) is 0 Å². The lowest BCUT2D eigenvalue weighted by atomic mass is 9.73. The molecule has 0 N–H and O–H groups in total. The van der Waals surface area contributed by atoms with Gasteiger partial charge < -0.3 is 0 Å². The van der Waals surface area contributed by atoms with Gasteiger partial charge in [-0.15, -0.1) is 0 Å². The highest BCUT2D eigenvalue weighted by atomic mass is 35.6. The van der Waals surface area contributed by atoms with Crippen LogP contribution in [0.25, 0.3) is 0 Å². The summed E-state index contributed by atoms with van der Waals surface area (Å²) in [5, 5.41) is 0. The summed E-state index contributed by atoms with van der Waals surface area (Å²) in [6.45, 7) is 2.27. The minimum absolute atomic E-state index is 0.561. The van der Waals surface area contributed by atoms with Gasteiger partial charge in [0.2, 0.25) is 0 Å². The van der Waals surface area contributed by atoms with E-state index < -0.39 is 24.8 Å². The fourth-order valence-electron chi connectivity index (χ4n) is 6.03. The zero-order valence-electron chi connectivity index (χ0n) is 19.2. The van der Waals surface area contributed by atoms with Crippen molar-refractivity contribution in [3.63, 3.8) is 0 Å². The molecule has 1 saturated carbocycles. The Hall–Kier alpha value is -0.483. The van der Waals surface area contributed by atoms with E-state index in [0.29, 0.717) is 12.0 Å². The van der Waals surface area contributed by atoms with Crippen LogP contribution in [-0.2, 0) is 6.42 Å². The molecule has 2 aliphatic rings. The van der Waals surface area contributed by atoms with Crippen molar-refractivity contribution in [2.45, 2.75) is 109 Å². The maximum atomic E-state index is 13.3. The van der Waals surface area contributed by atoms with Crippen molar-refractivity contribution in [3.8, 4) is 0 Å². The zero-order valence-corrected chi connectivity index (χ0v) is 21.0. The Morgan fingerprint density at radius 3 is 2.06 bits per heavy atom. The first-order valence-corrected chi connectivity index (χ1v) is 16.4. The lowest BCUT2D eigenvalue weighted by Gasteiger charge is -2.40. The van der Waals surface area contributed by atoms with Crippen LogP contribution in [0, 0.1) is 35.2 Å². The molecule has 31 heavy (non-hydrogen) atoms. The molecular formula is C26H40ClF3Si. The highest BCUT2D eigenvalue weighted by Gasteiger charge is 2.38. The summed E-state index contributed by atoms with van der Waals surface area (Å²) in [5.41, 5.74) is 0.561. The summed E-state index contributed by atoms with van der Waals surface area (Å²) in [7, 11) is -1.45. The first kappa shape index (κ1) is 25.1. The first-order chi connectivity index (χ1) is 14.9. The normalized spacial score (nSPS) is 29.3. The van der Waals surface area contributed by atoms with Crippen molar-refractivity contribution >= 4 is 18.5 Å². The zero-order chi connectivity index (χ0) is 22.3. The molecule has 1 saturated heterocycles. The van der Waals surface area contributed by atoms with Crippen molar-refractivity contribution in [2.75, 3.05) is 0 Å². The van der Waals surface area contributed by atoms with Gasteiger partial charge in [0.15, 0.2) is 24.8 Å². The van der Waals surface area contributed by atoms with Crippen LogP contribution in [-0.4, -0.2) is 7.38 Å². The van der Waals surface area contributed by atoms with Crippen molar-refractivity contribution in [2.24, 2.45) is 17.8 Å². The molecular weight excluding hydrogens is 433 g/mol. The lowest BCUT2D eigenvalue weighted by Crippen LogP contribution is -2.35. The van der Waals surface area contributed by atoms with E-state index in [1.165, 1.54) is 82.3 Å². The van der Waals surface area contributed by atoms with Crippen molar-refractivity contribution in [1.29, 1.82) is 0 Å². The molecule has 0 amide bonds. The minimum Gasteiger partial charge on any atom is -0.204 e. The van der Waals surface area contributed by atoms with E-state index in [1.54, 1.807) is 0 Å². The molecule has 0 bridgehead atoms. The standard InChI is InChI=1S/C26H40ClF3Si/c1-2-3-6-15-31(27)16-13-23(14-17-31)22-11-9-20(10-12-22)7-4-5-8-21-18-24(28)26(30)25(29)19-21/h18-20,22-23H,2-17H2,1H3. The Balaban J connectivity index is 1.31. The summed E-state index contributed by atoms with van der Waals surface area (Å²) >= 11 is 7.06. The molecule has 1 aliphatic carbocycles. The van der Waals surface area contributed by atoms with Crippen molar-refractivity contribution < 1.29 is 13.2 Å². The van der Waals surface area contributed by atoms with E-state index in [0.717, 1.165) is 42.7 Å². The fourth-order valence-corrected chi connectivity index (χ4v) is 10.5. The fraction of sp³-hybridized carbons (Fsp3) is 0.769. The van der Waals surface area contributed by atoms with E-state index in [4.69, 9.17) is 11.1 Å². The van der Waals surface area contributed by atoms with E-state index in [1.807, 2.05) is 0 Å². The molecule has 0 nitrogen and oxygen atoms in total. The highest BCUT2D eigenvalue weighted by Crippen LogP contribution is 2.46. The van der Waals surface area contributed by atoms with Crippen LogP contribution in [0.4, 0.5) is 13.2 Å². The lowest BCUT2D eigenvalue weighted by molar-refractivity contribution is 0.184. The number of hydrogen-bond acceptors (Lipinski definition) is 0. The molecule has 5 heteroatoms. The van der Waals surface area contributed by atoms with Crippen molar-refractivity contribution in [1.82, 2.24) is 0 Å². The van der Waals surface area contributed by atoms with Gasteiger partial charge >= 0.3 is 0 Å². The molecule has 2 fully saturated rings. The SMILES string of the molecule is CCCCC[Si]1(Cl)CCC(C2CCC(CCCCc3cc(F)c(F)c(F)c3)CC2)CC1. The summed E-state index contributed by atoms with van der Waals surface area (Å²) < 4.78 is 39.7. The number of halogens is 4. The predicted molar refractivity (Wildman–Crippen MR) is 128 cm³/mol. The Kier molecular flexibility index (Phi) is 9.82. The third-order valence-corrected chi connectivity index (χ3v) is 13.4. The van der Waals surface area contributed by atoms with Gasteiger partial charge in [-0.05, 0) is 79.3 Å². The monoisotopic (exact) mass is 472 g/mol. The molecule has 176 valence electrons. The van der Waals surface area contributed by atoms with Crippen LogP contribution < -0.4 is 0 Å². The number of hydrogen-bond donors (Lipinski definition) is 0. The quantitative estimate of drug-likeness (QED) is 0.138. The van der Waals surface area contributed by atoms with Crippen LogP contribution >= 0.6 is 11.1 Å². The Morgan fingerprint density at radius 1 is 0.839 bits per heavy atom. The second-order valence-electron chi connectivity index (χ2n) is 10.3. The van der Waals surface area contributed by atoms with Crippen LogP contribution in [0.2, 0.25) is 18.1 Å². The maximum Gasteiger partial charge on any atom is 0.194 e. The van der Waals surface area contributed by atoms with Crippen LogP contribution in [0.1, 0.15) is 89.5 Å². The maximum absolute atomic E-state index is 13.3. The number of rotatable bonds is 10. The average molecular weight is 473 g/mol. The van der Waals surface area contributed by atoms with Gasteiger partial charge in [0.25, 0.3) is 0 Å². The average Bonchev–Trinajstić information content (AvgIpc) is 2.76. The molecule has 1 aromatic carbocycles. The van der Waals surface area contributed by atoms with Gasteiger partial charge in [-0.25, -0.2) is 13.2 Å². The second-order valence-corrected chi connectivity index (χ2v) is 16.6. The van der Waals surface area contributed by atoms with Gasteiger partial charge in [0.05, 0.1) is 0 Å². The molecule has 0 aromatic heterocycles. The van der Waals surface area contributed by atoms with Gasteiger partial charge in [-0.1, -0.05) is 64.7 Å². The van der Waals surface area contributed by atoms with Gasteiger partial charge in [-0.3, -0.25) is 0 Å². The van der Waals surface area contributed by atoms with Gasteiger partial charge in [0.1, 0.15) is 0 Å². The van der Waals surface area contributed by atoms with Crippen LogP contribution in [0.15, 0.2) is 12.1 Å². The van der Waals surface area contributed by atoms with E-state index in [-0.39, 0.29) is 0 Å². The molecule has 0 unspecified atom stereocenters. The topological polar surface area (TPSA) is 0 Å². The molecule has 0 spiro atoms. The largest absolute Gasteiger partial charge is 0.204 e. The predicted octanol–water partition coefficient (Wildman–Crippen LogP) is 9.41. The van der Waals surface area contributed by atoms with E-state index in [2.05, 4.69) is 6.92 Å². The number of aryl methyl sites for hydroxylation is 1. The second kappa shape index (κ2) is 12.1. The van der Waals surface area contributed by atoms with Crippen molar-refractivity contribution in [3.05, 3.63) is 35.1 Å². The Labute approximate surface area is 193 Å². The highest BCUT2D eigenvalue weighted by molar-refractivity contribution is 7.20. The summed E-state index contributed by atoms with van der Waals surface area (Å²) in [4.78, 5) is 0. The molecule has 1 aromatic rings. The van der Waals surface area contributed by atoms with Gasteiger partial charge in [-0.2, -0.15) is 11.1 Å². The van der Waals surface area contributed by atoms with E-state index in [9.17, 15) is 13.2 Å². The number of benzene rings is 1. The molecule has 1 heterocycles. The third kappa shape index (κ3) is 7.52. The Bertz CT molecular complexity index is 656.